The van der Waals surface area contributed by atoms with Gasteiger partial charge in [0, 0.05) is 12.6 Å². The highest BCUT2D eigenvalue weighted by Gasteiger charge is 2.30. The Morgan fingerprint density at radius 2 is 1.69 bits per heavy atom. The molecule has 0 saturated carbocycles. The summed E-state index contributed by atoms with van der Waals surface area (Å²) in [7, 11) is 1.52. The molecule has 0 aliphatic heterocycles. The number of halogens is 3. The number of anilines is 1. The zero-order valence-electron chi connectivity index (χ0n) is 16.6. The van der Waals surface area contributed by atoms with Gasteiger partial charge in [-0.2, -0.15) is 13.2 Å². The summed E-state index contributed by atoms with van der Waals surface area (Å²) in [6.45, 7) is 5.22. The van der Waals surface area contributed by atoms with Crippen LogP contribution in [0.5, 0.6) is 0 Å². The molecule has 0 radical (unpaired) electrons. The molecule has 0 bridgehead atoms. The first-order valence-electron chi connectivity index (χ1n) is 8.82. The van der Waals surface area contributed by atoms with Crippen molar-refractivity contribution >= 4 is 30.2 Å². The molecule has 2 aromatic carbocycles. The minimum Gasteiger partial charge on any atom is -0.443 e. The number of amides is 1. The molecule has 0 atom stereocenters. The van der Waals surface area contributed by atoms with Crippen molar-refractivity contribution in [1.29, 1.82) is 0 Å². The Labute approximate surface area is 167 Å². The molecular weight excluding hydrogens is 383 g/mol. The van der Waals surface area contributed by atoms with E-state index < -0.39 is 23.4 Å². The molecule has 0 aromatic heterocycles. The lowest BCUT2D eigenvalue weighted by Crippen LogP contribution is -2.34. The van der Waals surface area contributed by atoms with Crippen LogP contribution in [0.2, 0.25) is 0 Å². The fourth-order valence-electron chi connectivity index (χ4n) is 2.52. The average Bonchev–Trinajstić information content (AvgIpc) is 2.63. The minimum atomic E-state index is -4.44. The van der Waals surface area contributed by atoms with Gasteiger partial charge in [-0.25, -0.2) is 4.79 Å². The highest BCUT2D eigenvalue weighted by molar-refractivity contribution is 5.93. The number of carbonyl (C=O) groups is 2. The molecule has 0 unspecified atom stereocenters. The lowest BCUT2D eigenvalue weighted by molar-refractivity contribution is -0.137. The average molecular weight is 405 g/mol. The molecule has 7 heteroatoms. The number of ether oxygens (including phenoxy) is 1. The van der Waals surface area contributed by atoms with Gasteiger partial charge in [-0.3, -0.25) is 9.69 Å². The standard InChI is InChI=1S/C22H22F3NO3/c1-21(2,3)29-20(28)26(4)19-11-9-16(14-27)12-17(19)10-8-15-6-5-7-18(13-15)22(23,24)25/h5-14H,1-4H3/b10-8+. The minimum absolute atomic E-state index is 0.335. The third-order valence-electron chi connectivity index (χ3n) is 3.89. The van der Waals surface area contributed by atoms with Crippen molar-refractivity contribution in [2.75, 3.05) is 11.9 Å². The first-order valence-corrected chi connectivity index (χ1v) is 8.82. The maximum Gasteiger partial charge on any atom is 0.416 e. The van der Waals surface area contributed by atoms with Crippen molar-refractivity contribution in [1.82, 2.24) is 0 Å². The number of nitrogens with zero attached hydrogens (tertiary/aromatic N) is 1. The van der Waals surface area contributed by atoms with Gasteiger partial charge in [-0.05, 0) is 62.2 Å². The topological polar surface area (TPSA) is 46.6 Å². The van der Waals surface area contributed by atoms with Crippen LogP contribution in [0.15, 0.2) is 42.5 Å². The van der Waals surface area contributed by atoms with Crippen LogP contribution in [0.25, 0.3) is 12.2 Å². The zero-order chi connectivity index (χ0) is 21.8. The quantitative estimate of drug-likeness (QED) is 0.459. The second-order valence-corrected chi connectivity index (χ2v) is 7.43. The highest BCUT2D eigenvalue weighted by atomic mass is 19.4. The third kappa shape index (κ3) is 6.20. The SMILES string of the molecule is CN(C(=O)OC(C)(C)C)c1ccc(C=O)cc1/C=C/c1cccc(C(F)(F)F)c1. The largest absolute Gasteiger partial charge is 0.443 e. The van der Waals surface area contributed by atoms with Gasteiger partial charge in [0.05, 0.1) is 11.3 Å². The number of aldehydes is 1. The van der Waals surface area contributed by atoms with E-state index in [1.807, 2.05) is 0 Å². The fourth-order valence-corrected chi connectivity index (χ4v) is 2.52. The van der Waals surface area contributed by atoms with Gasteiger partial charge in [0.2, 0.25) is 0 Å². The highest BCUT2D eigenvalue weighted by Crippen LogP contribution is 2.30. The number of rotatable bonds is 4. The lowest BCUT2D eigenvalue weighted by atomic mass is 10.1. The molecule has 2 aromatic rings. The molecular formula is C22H22F3NO3. The predicted octanol–water partition coefficient (Wildman–Crippen LogP) is 6.06. The van der Waals surface area contributed by atoms with Crippen LogP contribution in [-0.2, 0) is 10.9 Å². The van der Waals surface area contributed by atoms with Crippen LogP contribution >= 0.6 is 0 Å². The first kappa shape index (κ1) is 22.2. The van der Waals surface area contributed by atoms with Gasteiger partial charge in [0.15, 0.2) is 0 Å². The van der Waals surface area contributed by atoms with Gasteiger partial charge in [-0.15, -0.1) is 0 Å². The molecule has 0 N–H and O–H groups in total. The van der Waals surface area contributed by atoms with Crippen LogP contribution in [-0.4, -0.2) is 25.0 Å². The molecule has 1 amide bonds. The number of hydrogen-bond acceptors (Lipinski definition) is 3. The molecule has 29 heavy (non-hydrogen) atoms. The first-order chi connectivity index (χ1) is 13.4. The molecule has 4 nitrogen and oxygen atoms in total. The number of alkyl halides is 3. The summed E-state index contributed by atoms with van der Waals surface area (Å²) >= 11 is 0. The van der Waals surface area contributed by atoms with Gasteiger partial charge in [-0.1, -0.05) is 24.3 Å². The molecule has 0 fully saturated rings. The summed E-state index contributed by atoms with van der Waals surface area (Å²) in [6, 6.07) is 9.55. The maximum atomic E-state index is 12.9. The number of carbonyl (C=O) groups excluding carboxylic acids is 2. The van der Waals surface area contributed by atoms with Crippen molar-refractivity contribution in [2.24, 2.45) is 0 Å². The normalized spacial score (nSPS) is 12.1. The van der Waals surface area contributed by atoms with E-state index in [4.69, 9.17) is 4.74 Å². The molecule has 0 spiro atoms. The van der Waals surface area contributed by atoms with E-state index in [-0.39, 0.29) is 0 Å². The molecule has 154 valence electrons. The van der Waals surface area contributed by atoms with E-state index >= 15 is 0 Å². The summed E-state index contributed by atoms with van der Waals surface area (Å²) in [5.74, 6) is 0. The van der Waals surface area contributed by atoms with Crippen LogP contribution in [0.1, 0.15) is 47.8 Å². The monoisotopic (exact) mass is 405 g/mol. The Bertz CT molecular complexity index is 928. The fraction of sp³-hybridized carbons (Fsp3) is 0.273. The van der Waals surface area contributed by atoms with Gasteiger partial charge in [0.1, 0.15) is 11.9 Å². The van der Waals surface area contributed by atoms with Crippen molar-refractivity contribution < 1.29 is 27.5 Å². The summed E-state index contributed by atoms with van der Waals surface area (Å²) < 4.78 is 44.1. The van der Waals surface area contributed by atoms with Crippen LogP contribution < -0.4 is 4.90 Å². The zero-order valence-corrected chi connectivity index (χ0v) is 16.6. The lowest BCUT2D eigenvalue weighted by Gasteiger charge is -2.25. The van der Waals surface area contributed by atoms with E-state index in [0.29, 0.717) is 28.7 Å². The molecule has 0 saturated heterocycles. The van der Waals surface area contributed by atoms with Crippen LogP contribution in [0, 0.1) is 0 Å². The van der Waals surface area contributed by atoms with E-state index in [1.54, 1.807) is 45.0 Å². The third-order valence-corrected chi connectivity index (χ3v) is 3.89. The van der Waals surface area contributed by atoms with Crippen LogP contribution in [0.4, 0.5) is 23.7 Å². The summed E-state index contributed by atoms with van der Waals surface area (Å²) in [5.41, 5.74) is 0.195. The van der Waals surface area contributed by atoms with Gasteiger partial charge >= 0.3 is 12.3 Å². The molecule has 0 aliphatic rings. The summed E-state index contributed by atoms with van der Waals surface area (Å²) in [4.78, 5) is 24.8. The van der Waals surface area contributed by atoms with Crippen molar-refractivity contribution in [2.45, 2.75) is 32.5 Å². The smallest absolute Gasteiger partial charge is 0.416 e. The summed E-state index contributed by atoms with van der Waals surface area (Å²) in [5, 5.41) is 0. The Morgan fingerprint density at radius 3 is 2.28 bits per heavy atom. The van der Waals surface area contributed by atoms with Crippen molar-refractivity contribution in [3.63, 3.8) is 0 Å². The molecule has 0 heterocycles. The Kier molecular flexibility index (Phi) is 6.51. The number of hydrogen-bond donors (Lipinski definition) is 0. The number of benzene rings is 2. The predicted molar refractivity (Wildman–Crippen MR) is 107 cm³/mol. The van der Waals surface area contributed by atoms with E-state index in [1.165, 1.54) is 30.2 Å². The Hall–Kier alpha value is -3.09. The van der Waals surface area contributed by atoms with E-state index in [9.17, 15) is 22.8 Å². The second-order valence-electron chi connectivity index (χ2n) is 7.43. The second kappa shape index (κ2) is 8.51. The van der Waals surface area contributed by atoms with Crippen LogP contribution in [0.3, 0.4) is 0 Å². The van der Waals surface area contributed by atoms with E-state index in [0.717, 1.165) is 12.1 Å². The van der Waals surface area contributed by atoms with Crippen molar-refractivity contribution in [3.05, 3.63) is 64.7 Å². The Morgan fingerprint density at radius 1 is 1.00 bits per heavy atom. The van der Waals surface area contributed by atoms with E-state index in [2.05, 4.69) is 0 Å². The van der Waals surface area contributed by atoms with Gasteiger partial charge < -0.3 is 4.74 Å². The van der Waals surface area contributed by atoms with Gasteiger partial charge in [0.25, 0.3) is 0 Å². The Balaban J connectivity index is 2.40. The molecule has 2 rings (SSSR count). The summed E-state index contributed by atoms with van der Waals surface area (Å²) in [6.07, 6.45) is -1.34. The maximum absolute atomic E-state index is 12.9. The molecule has 0 aliphatic carbocycles. The van der Waals surface area contributed by atoms with Crippen molar-refractivity contribution in [3.8, 4) is 0 Å².